The summed E-state index contributed by atoms with van der Waals surface area (Å²) in [6.07, 6.45) is -5.61. The van der Waals surface area contributed by atoms with Gasteiger partial charge in [0.05, 0.1) is 10.7 Å². The van der Waals surface area contributed by atoms with Gasteiger partial charge in [0.1, 0.15) is 0 Å². The molecule has 1 unspecified atom stereocenters. The topological polar surface area (TPSA) is 47.9 Å². The molecular formula is C12H10Cl2F3N3OS. The third-order valence-electron chi connectivity index (χ3n) is 2.94. The van der Waals surface area contributed by atoms with Gasteiger partial charge in [-0.15, -0.1) is 0 Å². The zero-order valence-corrected chi connectivity index (χ0v) is 13.4. The van der Waals surface area contributed by atoms with Crippen LogP contribution < -0.4 is 5.32 Å². The third kappa shape index (κ3) is 3.15. The monoisotopic (exact) mass is 371 g/mol. The van der Waals surface area contributed by atoms with Crippen molar-refractivity contribution in [3.05, 3.63) is 28.2 Å². The number of hydrogen-bond acceptors (Lipinski definition) is 3. The number of alkyl halides is 3. The highest BCUT2D eigenvalue weighted by Gasteiger charge is 2.62. The van der Waals surface area contributed by atoms with Crippen molar-refractivity contribution in [3.8, 4) is 0 Å². The van der Waals surface area contributed by atoms with Crippen molar-refractivity contribution in [1.29, 1.82) is 0 Å². The summed E-state index contributed by atoms with van der Waals surface area (Å²) in [5, 5.41) is 16.6. The van der Waals surface area contributed by atoms with E-state index in [-0.39, 0.29) is 16.4 Å². The molecule has 0 aliphatic carbocycles. The van der Waals surface area contributed by atoms with E-state index in [1.807, 2.05) is 0 Å². The SMILES string of the molecule is CC1=NN(C(=S)Nc2ccc(Cl)cc2Cl)C(O)(C(F)(F)F)C1. The van der Waals surface area contributed by atoms with Gasteiger partial charge in [-0.05, 0) is 37.3 Å². The van der Waals surface area contributed by atoms with E-state index in [0.717, 1.165) is 0 Å². The number of anilines is 1. The van der Waals surface area contributed by atoms with Gasteiger partial charge in [0.25, 0.3) is 5.72 Å². The summed E-state index contributed by atoms with van der Waals surface area (Å²) in [5.74, 6) is 0. The maximum atomic E-state index is 13.1. The molecule has 0 bridgehead atoms. The molecule has 1 aliphatic heterocycles. The van der Waals surface area contributed by atoms with Crippen LogP contribution in [0.2, 0.25) is 10.0 Å². The molecule has 22 heavy (non-hydrogen) atoms. The lowest BCUT2D eigenvalue weighted by Crippen LogP contribution is -2.57. The molecule has 0 radical (unpaired) electrons. The molecule has 1 atom stereocenters. The minimum Gasteiger partial charge on any atom is -0.362 e. The fraction of sp³-hybridized carbons (Fsp3) is 0.333. The predicted octanol–water partition coefficient (Wildman–Crippen LogP) is 4.02. The first kappa shape index (κ1) is 17.3. The number of halogens is 5. The summed E-state index contributed by atoms with van der Waals surface area (Å²) in [6, 6.07) is 4.35. The summed E-state index contributed by atoms with van der Waals surface area (Å²) in [4.78, 5) is 0. The van der Waals surface area contributed by atoms with E-state index in [9.17, 15) is 18.3 Å². The molecular weight excluding hydrogens is 362 g/mol. The number of benzene rings is 1. The number of thiocarbonyl (C=S) groups is 1. The molecule has 1 heterocycles. The molecule has 1 aromatic carbocycles. The minimum absolute atomic E-state index is 0.103. The molecule has 1 aliphatic rings. The van der Waals surface area contributed by atoms with Crippen molar-refractivity contribution in [2.75, 3.05) is 5.32 Å². The van der Waals surface area contributed by atoms with E-state index in [1.54, 1.807) is 0 Å². The average molecular weight is 372 g/mol. The highest BCUT2D eigenvalue weighted by molar-refractivity contribution is 7.80. The standard InChI is InChI=1S/C12H10Cl2F3N3OS/c1-6-5-11(21,12(15,16)17)20(19-6)10(22)18-9-3-2-7(13)4-8(9)14/h2-4,21H,5H2,1H3,(H,18,22). The van der Waals surface area contributed by atoms with E-state index in [4.69, 9.17) is 35.4 Å². The number of hydrazone groups is 1. The molecule has 1 aromatic rings. The van der Waals surface area contributed by atoms with Gasteiger partial charge in [-0.3, -0.25) is 0 Å². The Morgan fingerprint density at radius 3 is 2.64 bits per heavy atom. The third-order valence-corrected chi connectivity index (χ3v) is 3.77. The second kappa shape index (κ2) is 5.84. The molecule has 120 valence electrons. The number of hydrogen-bond donors (Lipinski definition) is 2. The molecule has 2 N–H and O–H groups in total. The number of nitrogens with one attached hydrogen (secondary N) is 1. The molecule has 2 rings (SSSR count). The van der Waals surface area contributed by atoms with Crippen LogP contribution in [-0.2, 0) is 0 Å². The van der Waals surface area contributed by atoms with Gasteiger partial charge in [0.2, 0.25) is 0 Å². The van der Waals surface area contributed by atoms with Crippen LogP contribution in [-0.4, -0.2) is 32.8 Å². The van der Waals surface area contributed by atoms with Crippen LogP contribution in [0, 0.1) is 0 Å². The lowest BCUT2D eigenvalue weighted by Gasteiger charge is -2.34. The Balaban J connectivity index is 2.28. The largest absolute Gasteiger partial charge is 0.438 e. The zero-order chi connectivity index (χ0) is 16.7. The molecule has 0 spiro atoms. The van der Waals surface area contributed by atoms with Crippen molar-refractivity contribution < 1.29 is 18.3 Å². The number of aliphatic hydroxyl groups is 1. The average Bonchev–Trinajstić information content (AvgIpc) is 2.69. The van der Waals surface area contributed by atoms with Crippen LogP contribution in [0.3, 0.4) is 0 Å². The van der Waals surface area contributed by atoms with Gasteiger partial charge >= 0.3 is 6.18 Å². The van der Waals surface area contributed by atoms with Gasteiger partial charge < -0.3 is 10.4 Å². The van der Waals surface area contributed by atoms with Gasteiger partial charge in [0.15, 0.2) is 5.11 Å². The van der Waals surface area contributed by atoms with E-state index in [1.165, 1.54) is 25.1 Å². The van der Waals surface area contributed by atoms with Crippen molar-refractivity contribution in [2.24, 2.45) is 5.10 Å². The highest BCUT2D eigenvalue weighted by atomic mass is 35.5. The fourth-order valence-electron chi connectivity index (χ4n) is 1.91. The molecule has 0 amide bonds. The second-order valence-corrected chi connectivity index (χ2v) is 5.92. The smallest absolute Gasteiger partial charge is 0.362 e. The Morgan fingerprint density at radius 2 is 2.09 bits per heavy atom. The Morgan fingerprint density at radius 1 is 1.45 bits per heavy atom. The van der Waals surface area contributed by atoms with Crippen molar-refractivity contribution in [1.82, 2.24) is 5.01 Å². The second-order valence-electron chi connectivity index (χ2n) is 4.69. The Bertz CT molecular complexity index is 653. The van der Waals surface area contributed by atoms with Crippen LogP contribution in [0.4, 0.5) is 18.9 Å². The normalized spacial score (nSPS) is 21.8. The van der Waals surface area contributed by atoms with Crippen LogP contribution in [0.15, 0.2) is 23.3 Å². The Kier molecular flexibility index (Phi) is 4.59. The first-order chi connectivity index (χ1) is 10.0. The first-order valence-corrected chi connectivity index (χ1v) is 7.10. The molecule has 0 fully saturated rings. The molecule has 10 heteroatoms. The van der Waals surface area contributed by atoms with E-state index in [2.05, 4.69) is 10.4 Å². The van der Waals surface area contributed by atoms with E-state index < -0.39 is 23.4 Å². The first-order valence-electron chi connectivity index (χ1n) is 5.94. The van der Waals surface area contributed by atoms with Gasteiger partial charge in [-0.1, -0.05) is 23.2 Å². The highest BCUT2D eigenvalue weighted by Crippen LogP contribution is 2.40. The molecule has 0 saturated carbocycles. The lowest BCUT2D eigenvalue weighted by atomic mass is 10.1. The lowest BCUT2D eigenvalue weighted by molar-refractivity contribution is -0.294. The maximum absolute atomic E-state index is 13.1. The van der Waals surface area contributed by atoms with Crippen molar-refractivity contribution in [2.45, 2.75) is 25.2 Å². The van der Waals surface area contributed by atoms with Gasteiger partial charge in [0, 0.05) is 17.2 Å². The summed E-state index contributed by atoms with van der Waals surface area (Å²) in [7, 11) is 0. The Labute approximate surface area is 139 Å². The minimum atomic E-state index is -4.93. The quantitative estimate of drug-likeness (QED) is 0.731. The van der Waals surface area contributed by atoms with Crippen LogP contribution in [0.25, 0.3) is 0 Å². The number of rotatable bonds is 1. The predicted molar refractivity (Wildman–Crippen MR) is 83.3 cm³/mol. The van der Waals surface area contributed by atoms with Crippen LogP contribution in [0.1, 0.15) is 13.3 Å². The number of nitrogens with zero attached hydrogens (tertiary/aromatic N) is 2. The van der Waals surface area contributed by atoms with Gasteiger partial charge in [-0.2, -0.15) is 23.3 Å². The summed E-state index contributed by atoms with van der Waals surface area (Å²) < 4.78 is 39.3. The van der Waals surface area contributed by atoms with Crippen molar-refractivity contribution in [3.63, 3.8) is 0 Å². The van der Waals surface area contributed by atoms with Crippen LogP contribution in [0.5, 0.6) is 0 Å². The van der Waals surface area contributed by atoms with Gasteiger partial charge in [-0.25, -0.2) is 0 Å². The summed E-state index contributed by atoms with van der Waals surface area (Å²) >= 11 is 16.6. The molecule has 4 nitrogen and oxygen atoms in total. The Hall–Kier alpha value is -1.09. The summed E-state index contributed by atoms with van der Waals surface area (Å²) in [6.45, 7) is 1.37. The molecule has 0 aromatic heterocycles. The van der Waals surface area contributed by atoms with E-state index >= 15 is 0 Å². The zero-order valence-electron chi connectivity index (χ0n) is 11.1. The van der Waals surface area contributed by atoms with Crippen molar-refractivity contribution >= 4 is 51.9 Å². The summed E-state index contributed by atoms with van der Waals surface area (Å²) in [5.41, 5.74) is -2.83. The van der Waals surface area contributed by atoms with E-state index in [0.29, 0.717) is 10.0 Å². The van der Waals surface area contributed by atoms with Crippen LogP contribution >= 0.6 is 35.4 Å². The maximum Gasteiger partial charge on any atom is 0.438 e. The molecule has 0 saturated heterocycles. The fourth-order valence-corrected chi connectivity index (χ4v) is 2.67.